The first kappa shape index (κ1) is 12.4. The number of ether oxygens (including phenoxy) is 1. The molecule has 1 atom stereocenters. The van der Waals surface area contributed by atoms with E-state index in [4.69, 9.17) is 4.74 Å². The van der Waals surface area contributed by atoms with Crippen LogP contribution >= 0.6 is 0 Å². The third-order valence-electron chi connectivity index (χ3n) is 4.33. The van der Waals surface area contributed by atoms with E-state index in [-0.39, 0.29) is 0 Å². The van der Waals surface area contributed by atoms with Crippen molar-refractivity contribution in [1.29, 1.82) is 0 Å². The van der Waals surface area contributed by atoms with Crippen LogP contribution in [0.3, 0.4) is 0 Å². The van der Waals surface area contributed by atoms with Crippen LogP contribution in [0.25, 0.3) is 0 Å². The van der Waals surface area contributed by atoms with Crippen molar-refractivity contribution in [3.8, 4) is 0 Å². The van der Waals surface area contributed by atoms with E-state index in [2.05, 4.69) is 12.2 Å². The van der Waals surface area contributed by atoms with Gasteiger partial charge in [0.15, 0.2) is 0 Å². The summed E-state index contributed by atoms with van der Waals surface area (Å²) in [6.07, 6.45) is 11.4. The highest BCUT2D eigenvalue weighted by atomic mass is 16.5. The quantitative estimate of drug-likeness (QED) is 0.794. The van der Waals surface area contributed by atoms with Gasteiger partial charge in [0.05, 0.1) is 6.10 Å². The Morgan fingerprint density at radius 3 is 2.50 bits per heavy atom. The van der Waals surface area contributed by atoms with Gasteiger partial charge in [0, 0.05) is 19.2 Å². The van der Waals surface area contributed by atoms with Crippen molar-refractivity contribution >= 4 is 0 Å². The summed E-state index contributed by atoms with van der Waals surface area (Å²) >= 11 is 0. The van der Waals surface area contributed by atoms with Gasteiger partial charge >= 0.3 is 0 Å². The van der Waals surface area contributed by atoms with Gasteiger partial charge in [0.2, 0.25) is 0 Å². The van der Waals surface area contributed by atoms with Gasteiger partial charge < -0.3 is 10.1 Å². The highest BCUT2D eigenvalue weighted by Crippen LogP contribution is 2.26. The van der Waals surface area contributed by atoms with E-state index in [1.165, 1.54) is 51.4 Å². The smallest absolute Gasteiger partial charge is 0.0699 e. The van der Waals surface area contributed by atoms with Crippen molar-refractivity contribution in [3.05, 3.63) is 0 Å². The molecule has 1 N–H and O–H groups in total. The Labute approximate surface area is 100 Å². The molecule has 0 radical (unpaired) electrons. The third-order valence-corrected chi connectivity index (χ3v) is 4.33. The first-order chi connectivity index (χ1) is 7.88. The van der Waals surface area contributed by atoms with Crippen molar-refractivity contribution in [1.82, 2.24) is 5.32 Å². The van der Waals surface area contributed by atoms with E-state index < -0.39 is 0 Å². The van der Waals surface area contributed by atoms with Gasteiger partial charge in [-0.25, -0.2) is 0 Å². The molecule has 0 aromatic rings. The second-order valence-corrected chi connectivity index (χ2v) is 5.52. The average Bonchev–Trinajstić information content (AvgIpc) is 2.38. The summed E-state index contributed by atoms with van der Waals surface area (Å²) < 4.78 is 5.75. The van der Waals surface area contributed by atoms with Crippen LogP contribution in [0, 0.1) is 5.92 Å². The molecular weight excluding hydrogens is 198 g/mol. The van der Waals surface area contributed by atoms with Gasteiger partial charge in [-0.1, -0.05) is 13.3 Å². The van der Waals surface area contributed by atoms with Gasteiger partial charge in [-0.2, -0.15) is 0 Å². The minimum atomic E-state index is 0.498. The van der Waals surface area contributed by atoms with Crippen LogP contribution in [-0.2, 0) is 4.74 Å². The molecule has 0 bridgehead atoms. The lowest BCUT2D eigenvalue weighted by Crippen LogP contribution is -2.39. The Kier molecular flexibility index (Phi) is 5.11. The zero-order chi connectivity index (χ0) is 11.2. The van der Waals surface area contributed by atoms with Gasteiger partial charge in [-0.3, -0.25) is 0 Å². The van der Waals surface area contributed by atoms with Crippen LogP contribution < -0.4 is 5.32 Å². The van der Waals surface area contributed by atoms with Crippen LogP contribution in [0.5, 0.6) is 0 Å². The van der Waals surface area contributed by atoms with Crippen molar-refractivity contribution in [3.63, 3.8) is 0 Å². The molecule has 1 aliphatic carbocycles. The van der Waals surface area contributed by atoms with Crippen LogP contribution in [0.2, 0.25) is 0 Å². The summed E-state index contributed by atoms with van der Waals surface area (Å²) in [6.45, 7) is 4.39. The highest BCUT2D eigenvalue weighted by molar-refractivity contribution is 4.78. The Morgan fingerprint density at radius 1 is 1.06 bits per heavy atom. The molecular formula is C14H27NO. The number of hydrogen-bond acceptors (Lipinski definition) is 2. The first-order valence-corrected chi connectivity index (χ1v) is 7.23. The molecule has 0 amide bonds. The normalized spacial score (nSPS) is 36.2. The molecule has 1 unspecified atom stereocenters. The summed E-state index contributed by atoms with van der Waals surface area (Å²) in [5, 5.41) is 3.71. The zero-order valence-electron chi connectivity index (χ0n) is 10.7. The standard InChI is InChI=1S/C14H27NO/c1-2-12-6-8-13(9-7-12)15-11-14-5-3-4-10-16-14/h12-15H,2-11H2,1H3. The van der Waals surface area contributed by atoms with E-state index in [9.17, 15) is 0 Å². The fraction of sp³-hybridized carbons (Fsp3) is 1.00. The maximum atomic E-state index is 5.75. The number of rotatable bonds is 4. The zero-order valence-corrected chi connectivity index (χ0v) is 10.7. The monoisotopic (exact) mass is 225 g/mol. The van der Waals surface area contributed by atoms with Crippen LogP contribution in [0.1, 0.15) is 58.3 Å². The first-order valence-electron chi connectivity index (χ1n) is 7.23. The molecule has 2 nitrogen and oxygen atoms in total. The fourth-order valence-electron chi connectivity index (χ4n) is 3.04. The molecule has 0 aromatic carbocycles. The summed E-state index contributed by atoms with van der Waals surface area (Å²) in [4.78, 5) is 0. The number of hydrogen-bond donors (Lipinski definition) is 1. The van der Waals surface area contributed by atoms with Crippen LogP contribution in [-0.4, -0.2) is 25.3 Å². The predicted octanol–water partition coefficient (Wildman–Crippen LogP) is 3.11. The van der Waals surface area contributed by atoms with Crippen LogP contribution in [0.4, 0.5) is 0 Å². The lowest BCUT2D eigenvalue weighted by atomic mass is 9.84. The fourth-order valence-corrected chi connectivity index (χ4v) is 3.04. The number of nitrogens with one attached hydrogen (secondary N) is 1. The second kappa shape index (κ2) is 6.61. The lowest BCUT2D eigenvalue weighted by Gasteiger charge is -2.31. The van der Waals surface area contributed by atoms with Gasteiger partial charge in [0.25, 0.3) is 0 Å². The molecule has 1 aliphatic heterocycles. The SMILES string of the molecule is CCC1CCC(NCC2CCCCO2)CC1. The predicted molar refractivity (Wildman–Crippen MR) is 67.6 cm³/mol. The lowest BCUT2D eigenvalue weighted by molar-refractivity contribution is 0.0143. The Bertz CT molecular complexity index is 181. The largest absolute Gasteiger partial charge is 0.377 e. The second-order valence-electron chi connectivity index (χ2n) is 5.52. The minimum absolute atomic E-state index is 0.498. The van der Waals surface area contributed by atoms with Gasteiger partial charge in [0.1, 0.15) is 0 Å². The minimum Gasteiger partial charge on any atom is -0.377 e. The summed E-state index contributed by atoms with van der Waals surface area (Å²) in [7, 11) is 0. The van der Waals surface area contributed by atoms with Gasteiger partial charge in [-0.05, 0) is 50.9 Å². The molecule has 1 saturated heterocycles. The topological polar surface area (TPSA) is 21.3 Å². The Morgan fingerprint density at radius 2 is 1.88 bits per heavy atom. The van der Waals surface area contributed by atoms with Crippen molar-refractivity contribution in [2.24, 2.45) is 5.92 Å². The van der Waals surface area contributed by atoms with E-state index in [1.807, 2.05) is 0 Å². The third kappa shape index (κ3) is 3.74. The highest BCUT2D eigenvalue weighted by Gasteiger charge is 2.21. The van der Waals surface area contributed by atoms with E-state index >= 15 is 0 Å². The molecule has 0 spiro atoms. The average molecular weight is 225 g/mol. The molecule has 94 valence electrons. The maximum absolute atomic E-state index is 5.75. The van der Waals surface area contributed by atoms with E-state index in [0.717, 1.165) is 25.1 Å². The molecule has 1 saturated carbocycles. The molecule has 2 fully saturated rings. The molecule has 0 aromatic heterocycles. The van der Waals surface area contributed by atoms with Crippen molar-refractivity contribution < 1.29 is 4.74 Å². The van der Waals surface area contributed by atoms with Gasteiger partial charge in [-0.15, -0.1) is 0 Å². The van der Waals surface area contributed by atoms with E-state index in [1.54, 1.807) is 0 Å². The summed E-state index contributed by atoms with van der Waals surface area (Å²) in [6, 6.07) is 0.772. The molecule has 1 heterocycles. The molecule has 16 heavy (non-hydrogen) atoms. The molecule has 2 heteroatoms. The molecule has 2 rings (SSSR count). The summed E-state index contributed by atoms with van der Waals surface area (Å²) in [5.74, 6) is 1.00. The van der Waals surface area contributed by atoms with Crippen molar-refractivity contribution in [2.45, 2.75) is 70.4 Å². The van der Waals surface area contributed by atoms with Crippen LogP contribution in [0.15, 0.2) is 0 Å². The summed E-state index contributed by atoms with van der Waals surface area (Å²) in [5.41, 5.74) is 0. The Balaban J connectivity index is 1.59. The Hall–Kier alpha value is -0.0800. The van der Waals surface area contributed by atoms with Crippen molar-refractivity contribution in [2.75, 3.05) is 13.2 Å². The molecule has 2 aliphatic rings. The van der Waals surface area contributed by atoms with E-state index in [0.29, 0.717) is 6.10 Å². The maximum Gasteiger partial charge on any atom is 0.0699 e.